The van der Waals surface area contributed by atoms with Gasteiger partial charge in [-0.2, -0.15) is 0 Å². The molecule has 2 heteroatoms. The Labute approximate surface area is 55.5 Å². The van der Waals surface area contributed by atoms with E-state index in [0.717, 1.165) is 13.1 Å². The summed E-state index contributed by atoms with van der Waals surface area (Å²) in [6.45, 7) is 2.30. The van der Waals surface area contributed by atoms with E-state index in [1.165, 1.54) is 12.8 Å². The van der Waals surface area contributed by atoms with Crippen molar-refractivity contribution < 1.29 is 0 Å². The predicted molar refractivity (Wildman–Crippen MR) is 39.2 cm³/mol. The molecule has 1 nitrogen and oxygen atoms in total. The van der Waals surface area contributed by atoms with Crippen LogP contribution in [0.25, 0.3) is 0 Å². The fraction of sp³-hybridized carbons (Fsp3) is 0.833. The number of hydrogen-bond acceptors (Lipinski definition) is 2. The van der Waals surface area contributed by atoms with Gasteiger partial charge in [0.25, 0.3) is 0 Å². The van der Waals surface area contributed by atoms with Crippen molar-refractivity contribution >= 4 is 17.6 Å². The molecular weight excluding hydrogens is 118 g/mol. The van der Waals surface area contributed by atoms with Gasteiger partial charge >= 0.3 is 0 Å². The lowest BCUT2D eigenvalue weighted by Crippen LogP contribution is -2.27. The zero-order chi connectivity index (χ0) is 5.82. The Kier molecular flexibility index (Phi) is 2.43. The molecule has 0 spiro atoms. The third-order valence-electron chi connectivity index (χ3n) is 1.58. The van der Waals surface area contributed by atoms with E-state index in [1.807, 2.05) is 5.37 Å². The quantitative estimate of drug-likeness (QED) is 0.530. The van der Waals surface area contributed by atoms with Crippen LogP contribution in [0, 0.1) is 5.92 Å². The molecule has 0 unspecified atom stereocenters. The number of nitrogens with one attached hydrogen (secondary N) is 1. The van der Waals surface area contributed by atoms with Crippen LogP contribution < -0.4 is 5.32 Å². The van der Waals surface area contributed by atoms with Crippen molar-refractivity contribution in [1.82, 2.24) is 5.32 Å². The molecule has 8 heavy (non-hydrogen) atoms. The van der Waals surface area contributed by atoms with E-state index in [2.05, 4.69) is 5.32 Å². The van der Waals surface area contributed by atoms with Crippen LogP contribution in [0.4, 0.5) is 0 Å². The largest absolute Gasteiger partial charge is 0.317 e. The zero-order valence-corrected chi connectivity index (χ0v) is 5.71. The fourth-order valence-corrected chi connectivity index (χ4v) is 1.25. The molecule has 1 heterocycles. The molecule has 0 aromatic rings. The molecule has 1 N–H and O–H groups in total. The highest BCUT2D eigenvalue weighted by molar-refractivity contribution is 7.79. The third kappa shape index (κ3) is 1.53. The van der Waals surface area contributed by atoms with E-state index in [1.54, 1.807) is 0 Å². The second-order valence-corrected chi connectivity index (χ2v) is 2.50. The van der Waals surface area contributed by atoms with Gasteiger partial charge in [-0.25, -0.2) is 0 Å². The van der Waals surface area contributed by atoms with Gasteiger partial charge < -0.3 is 5.32 Å². The molecule has 1 saturated heterocycles. The second kappa shape index (κ2) is 3.15. The molecule has 1 aliphatic rings. The van der Waals surface area contributed by atoms with Crippen molar-refractivity contribution in [3.63, 3.8) is 0 Å². The molecule has 0 aromatic carbocycles. The first-order valence-electron chi connectivity index (χ1n) is 3.09. The number of hydrogen-bond donors (Lipinski definition) is 1. The lowest BCUT2D eigenvalue weighted by atomic mass is 10.0. The first-order chi connectivity index (χ1) is 3.93. The summed E-state index contributed by atoms with van der Waals surface area (Å²) in [5.41, 5.74) is 0. The fourth-order valence-electron chi connectivity index (χ4n) is 0.980. The summed E-state index contributed by atoms with van der Waals surface area (Å²) in [6.07, 6.45) is 2.48. The molecule has 0 atom stereocenters. The Bertz CT molecular complexity index is 76.6. The Morgan fingerprint density at radius 3 is 2.38 bits per heavy atom. The first-order valence-corrected chi connectivity index (χ1v) is 3.56. The number of rotatable bonds is 1. The molecule has 0 saturated carbocycles. The van der Waals surface area contributed by atoms with Crippen molar-refractivity contribution in [1.29, 1.82) is 0 Å². The topological polar surface area (TPSA) is 12.0 Å². The highest BCUT2D eigenvalue weighted by Crippen LogP contribution is 2.07. The minimum absolute atomic E-state index is 0.714. The first kappa shape index (κ1) is 6.17. The predicted octanol–water partition coefficient (Wildman–Crippen LogP) is 0.986. The molecule has 0 aromatic heterocycles. The average molecular weight is 129 g/mol. The van der Waals surface area contributed by atoms with Gasteiger partial charge in [-0.1, -0.05) is 12.2 Å². The summed E-state index contributed by atoms with van der Waals surface area (Å²) in [5, 5.41) is 5.19. The van der Waals surface area contributed by atoms with Crippen LogP contribution >= 0.6 is 12.2 Å². The smallest absolute Gasteiger partial charge is 0.00430 e. The van der Waals surface area contributed by atoms with Crippen molar-refractivity contribution in [3.8, 4) is 0 Å². The van der Waals surface area contributed by atoms with E-state index in [4.69, 9.17) is 12.2 Å². The Morgan fingerprint density at radius 1 is 1.38 bits per heavy atom. The standard InChI is InChI=1S/C6H11NS/c8-5-6-1-3-7-4-2-6/h5-7H,1-4H2. The van der Waals surface area contributed by atoms with Crippen molar-refractivity contribution in [3.05, 3.63) is 0 Å². The van der Waals surface area contributed by atoms with Crippen LogP contribution in [0.15, 0.2) is 0 Å². The SMILES string of the molecule is S=CC1CCNCC1. The van der Waals surface area contributed by atoms with E-state index in [9.17, 15) is 0 Å². The summed E-state index contributed by atoms with van der Waals surface area (Å²) in [7, 11) is 0. The summed E-state index contributed by atoms with van der Waals surface area (Å²) < 4.78 is 0. The maximum atomic E-state index is 4.82. The summed E-state index contributed by atoms with van der Waals surface area (Å²) in [4.78, 5) is 0. The minimum Gasteiger partial charge on any atom is -0.317 e. The molecule has 1 aliphatic heterocycles. The van der Waals surface area contributed by atoms with E-state index < -0.39 is 0 Å². The van der Waals surface area contributed by atoms with Crippen LogP contribution in [0.3, 0.4) is 0 Å². The van der Waals surface area contributed by atoms with Gasteiger partial charge in [0.15, 0.2) is 0 Å². The van der Waals surface area contributed by atoms with E-state index in [-0.39, 0.29) is 0 Å². The Hall–Kier alpha value is 0.0500. The number of piperidine rings is 1. The monoisotopic (exact) mass is 129 g/mol. The molecule has 0 amide bonds. The lowest BCUT2D eigenvalue weighted by molar-refractivity contribution is 0.465. The van der Waals surface area contributed by atoms with E-state index in [0.29, 0.717) is 5.92 Å². The highest BCUT2D eigenvalue weighted by Gasteiger charge is 2.07. The van der Waals surface area contributed by atoms with Crippen molar-refractivity contribution in [2.24, 2.45) is 5.92 Å². The van der Waals surface area contributed by atoms with E-state index >= 15 is 0 Å². The molecule has 46 valence electrons. The third-order valence-corrected chi connectivity index (χ3v) is 1.96. The normalized spacial score (nSPS) is 23.0. The summed E-state index contributed by atoms with van der Waals surface area (Å²) in [5.74, 6) is 0.714. The van der Waals surface area contributed by atoms with Crippen LogP contribution in [0.5, 0.6) is 0 Å². The van der Waals surface area contributed by atoms with Gasteiger partial charge in [-0.15, -0.1) is 0 Å². The minimum atomic E-state index is 0.714. The van der Waals surface area contributed by atoms with Gasteiger partial charge in [-0.05, 0) is 37.2 Å². The zero-order valence-electron chi connectivity index (χ0n) is 4.89. The van der Waals surface area contributed by atoms with Crippen LogP contribution in [-0.4, -0.2) is 18.5 Å². The van der Waals surface area contributed by atoms with Gasteiger partial charge in [-0.3, -0.25) is 0 Å². The van der Waals surface area contributed by atoms with Crippen LogP contribution in [0.2, 0.25) is 0 Å². The molecular formula is C6H11NS. The molecule has 1 rings (SSSR count). The molecule has 0 aliphatic carbocycles. The molecule has 0 bridgehead atoms. The maximum Gasteiger partial charge on any atom is -0.00430 e. The van der Waals surface area contributed by atoms with Crippen LogP contribution in [-0.2, 0) is 0 Å². The maximum absolute atomic E-state index is 4.82. The van der Waals surface area contributed by atoms with Crippen molar-refractivity contribution in [2.45, 2.75) is 12.8 Å². The summed E-state index contributed by atoms with van der Waals surface area (Å²) >= 11 is 4.82. The Balaban J connectivity index is 2.22. The highest BCUT2D eigenvalue weighted by atomic mass is 32.1. The Morgan fingerprint density at radius 2 is 2.00 bits per heavy atom. The lowest BCUT2D eigenvalue weighted by Gasteiger charge is -2.17. The second-order valence-electron chi connectivity index (χ2n) is 2.22. The van der Waals surface area contributed by atoms with Crippen molar-refractivity contribution in [2.75, 3.05) is 13.1 Å². The average Bonchev–Trinajstić information content (AvgIpc) is 1.90. The molecule has 0 radical (unpaired) electrons. The van der Waals surface area contributed by atoms with Gasteiger partial charge in [0.2, 0.25) is 0 Å². The van der Waals surface area contributed by atoms with Crippen LogP contribution in [0.1, 0.15) is 12.8 Å². The summed E-state index contributed by atoms with van der Waals surface area (Å²) in [6, 6.07) is 0. The van der Waals surface area contributed by atoms with Gasteiger partial charge in [0.1, 0.15) is 0 Å². The van der Waals surface area contributed by atoms with Gasteiger partial charge in [0.05, 0.1) is 0 Å². The number of thiocarbonyl (C=S) groups is 1. The molecule has 1 fully saturated rings. The van der Waals surface area contributed by atoms with Gasteiger partial charge in [0, 0.05) is 0 Å².